The van der Waals surface area contributed by atoms with Gasteiger partial charge in [-0.05, 0) is 6.07 Å². The molecule has 2 N–H and O–H groups in total. The largest absolute Gasteiger partial charge is 0.489 e. The van der Waals surface area contributed by atoms with Crippen molar-refractivity contribution >= 4 is 11.8 Å². The highest BCUT2D eigenvalue weighted by atomic mass is 16.5. The van der Waals surface area contributed by atoms with Gasteiger partial charge in [0.1, 0.15) is 12.4 Å². The Bertz CT molecular complexity index is 391. The summed E-state index contributed by atoms with van der Waals surface area (Å²) in [7, 11) is 0. The van der Waals surface area contributed by atoms with Crippen LogP contribution in [0.1, 0.15) is 5.56 Å². The molecule has 1 amide bonds. The third-order valence-electron chi connectivity index (χ3n) is 2.33. The predicted octanol–water partition coefficient (Wildman–Crippen LogP) is 1.06. The summed E-state index contributed by atoms with van der Waals surface area (Å²) in [4.78, 5) is 12.1. The van der Waals surface area contributed by atoms with Gasteiger partial charge >= 0.3 is 6.09 Å². The number of para-hydroxylation sites is 1. The number of carbonyl (C=O) groups is 1. The van der Waals surface area contributed by atoms with E-state index < -0.39 is 6.09 Å². The molecular formula is C10H11NO4. The van der Waals surface area contributed by atoms with Gasteiger partial charge in [0.2, 0.25) is 0 Å². The predicted molar refractivity (Wildman–Crippen MR) is 53.2 cm³/mol. The number of aliphatic hydroxyl groups excluding tert-OH is 1. The summed E-state index contributed by atoms with van der Waals surface area (Å²) in [6.07, 6.45) is -1.00. The van der Waals surface area contributed by atoms with Gasteiger partial charge in [-0.1, -0.05) is 12.1 Å². The zero-order valence-electron chi connectivity index (χ0n) is 8.01. The number of rotatable bonds is 1. The highest BCUT2D eigenvalue weighted by Gasteiger charge is 2.24. The van der Waals surface area contributed by atoms with Gasteiger partial charge in [-0.2, -0.15) is 0 Å². The fourth-order valence-electron chi connectivity index (χ4n) is 1.63. The molecule has 1 heterocycles. The Morgan fingerprint density at radius 3 is 3.00 bits per heavy atom. The quantitative estimate of drug-likeness (QED) is 0.725. The molecule has 0 bridgehead atoms. The van der Waals surface area contributed by atoms with Crippen molar-refractivity contribution in [1.82, 2.24) is 0 Å². The van der Waals surface area contributed by atoms with Crippen LogP contribution in [0.2, 0.25) is 0 Å². The van der Waals surface area contributed by atoms with Crippen molar-refractivity contribution in [3.8, 4) is 5.75 Å². The lowest BCUT2D eigenvalue weighted by Crippen LogP contribution is -2.37. The van der Waals surface area contributed by atoms with Crippen LogP contribution in [0.3, 0.4) is 0 Å². The maximum Gasteiger partial charge on any atom is 0.412 e. The fourth-order valence-corrected chi connectivity index (χ4v) is 1.63. The lowest BCUT2D eigenvalue weighted by atomic mass is 10.1. The van der Waals surface area contributed by atoms with Gasteiger partial charge in [0.05, 0.1) is 18.8 Å². The molecule has 0 atom stereocenters. The monoisotopic (exact) mass is 209 g/mol. The molecule has 0 spiro atoms. The summed E-state index contributed by atoms with van der Waals surface area (Å²) >= 11 is 0. The molecule has 15 heavy (non-hydrogen) atoms. The van der Waals surface area contributed by atoms with Gasteiger partial charge in [-0.15, -0.1) is 0 Å². The molecule has 0 saturated heterocycles. The van der Waals surface area contributed by atoms with E-state index in [4.69, 9.17) is 14.9 Å². The van der Waals surface area contributed by atoms with Crippen LogP contribution in [-0.2, 0) is 6.61 Å². The number of aliphatic hydroxyl groups is 1. The molecule has 5 nitrogen and oxygen atoms in total. The van der Waals surface area contributed by atoms with E-state index in [-0.39, 0.29) is 6.61 Å². The number of anilines is 1. The normalized spacial score (nSPS) is 14.3. The fraction of sp³-hybridized carbons (Fsp3) is 0.300. The summed E-state index contributed by atoms with van der Waals surface area (Å²) in [5.41, 5.74) is 1.11. The van der Waals surface area contributed by atoms with Crippen LogP contribution in [-0.4, -0.2) is 29.5 Å². The van der Waals surface area contributed by atoms with Crippen molar-refractivity contribution in [2.24, 2.45) is 0 Å². The smallest absolute Gasteiger partial charge is 0.412 e. The minimum absolute atomic E-state index is 0.156. The van der Waals surface area contributed by atoms with Crippen molar-refractivity contribution in [3.05, 3.63) is 23.8 Å². The van der Waals surface area contributed by atoms with Crippen LogP contribution in [0, 0.1) is 0 Å². The van der Waals surface area contributed by atoms with Gasteiger partial charge < -0.3 is 14.9 Å². The molecule has 1 aliphatic heterocycles. The highest BCUT2D eigenvalue weighted by molar-refractivity contribution is 5.89. The molecule has 80 valence electrons. The Labute approximate surface area is 86.5 Å². The minimum atomic E-state index is -1.00. The summed E-state index contributed by atoms with van der Waals surface area (Å²) in [5, 5.41) is 18.0. The van der Waals surface area contributed by atoms with Gasteiger partial charge in [-0.25, -0.2) is 4.79 Å². The standard InChI is InChI=1S/C10H11NO4/c12-6-7-2-1-3-8-9(7)15-5-4-11(8)10(13)14/h1-3,12H,4-6H2,(H,13,14). The van der Waals surface area contributed by atoms with E-state index in [1.807, 2.05) is 0 Å². The van der Waals surface area contributed by atoms with Gasteiger partial charge in [0.15, 0.2) is 0 Å². The minimum Gasteiger partial charge on any atom is -0.489 e. The number of carboxylic acid groups (broad SMARTS) is 1. The molecule has 0 unspecified atom stereocenters. The summed E-state index contributed by atoms with van der Waals surface area (Å²) in [6, 6.07) is 5.08. The Kier molecular flexibility index (Phi) is 2.47. The van der Waals surface area contributed by atoms with E-state index in [1.165, 1.54) is 4.90 Å². The third kappa shape index (κ3) is 1.61. The maximum absolute atomic E-state index is 10.9. The van der Waals surface area contributed by atoms with Gasteiger partial charge in [0.25, 0.3) is 0 Å². The van der Waals surface area contributed by atoms with Crippen LogP contribution in [0.25, 0.3) is 0 Å². The topological polar surface area (TPSA) is 70.0 Å². The van der Waals surface area contributed by atoms with Gasteiger partial charge in [0, 0.05) is 5.56 Å². The number of fused-ring (bicyclic) bond motifs is 1. The molecule has 0 aromatic heterocycles. The van der Waals surface area contributed by atoms with Crippen LogP contribution < -0.4 is 9.64 Å². The van der Waals surface area contributed by atoms with Crippen molar-refractivity contribution in [2.75, 3.05) is 18.1 Å². The van der Waals surface area contributed by atoms with Gasteiger partial charge in [-0.3, -0.25) is 4.90 Å². The molecule has 1 aliphatic rings. The molecule has 1 aromatic carbocycles. The van der Waals surface area contributed by atoms with E-state index in [1.54, 1.807) is 18.2 Å². The SMILES string of the molecule is O=C(O)N1CCOc2c(CO)cccc21. The lowest BCUT2D eigenvalue weighted by Gasteiger charge is -2.28. The number of amides is 1. The molecule has 0 saturated carbocycles. The summed E-state index contributed by atoms with van der Waals surface area (Å²) < 4.78 is 5.36. The molecule has 5 heteroatoms. The third-order valence-corrected chi connectivity index (χ3v) is 2.33. The van der Waals surface area contributed by atoms with Crippen molar-refractivity contribution in [1.29, 1.82) is 0 Å². The zero-order chi connectivity index (χ0) is 10.8. The average molecular weight is 209 g/mol. The summed E-state index contributed by atoms with van der Waals surface area (Å²) in [6.45, 7) is 0.476. The van der Waals surface area contributed by atoms with Crippen LogP contribution in [0.4, 0.5) is 10.5 Å². The first kappa shape index (κ1) is 9.79. The average Bonchev–Trinajstić information content (AvgIpc) is 2.27. The first-order valence-electron chi connectivity index (χ1n) is 4.60. The zero-order valence-corrected chi connectivity index (χ0v) is 8.01. The van der Waals surface area contributed by atoms with Crippen molar-refractivity contribution in [2.45, 2.75) is 6.61 Å². The van der Waals surface area contributed by atoms with Crippen LogP contribution in [0.15, 0.2) is 18.2 Å². The Morgan fingerprint density at radius 1 is 1.53 bits per heavy atom. The highest BCUT2D eigenvalue weighted by Crippen LogP contribution is 2.34. The molecule has 0 aliphatic carbocycles. The Balaban J connectivity index is 2.48. The van der Waals surface area contributed by atoms with E-state index in [0.717, 1.165) is 0 Å². The second-order valence-corrected chi connectivity index (χ2v) is 3.21. The lowest BCUT2D eigenvalue weighted by molar-refractivity contribution is 0.196. The number of ether oxygens (including phenoxy) is 1. The van der Waals surface area contributed by atoms with E-state index in [9.17, 15) is 4.79 Å². The van der Waals surface area contributed by atoms with Crippen LogP contribution in [0.5, 0.6) is 5.75 Å². The number of nitrogens with zero attached hydrogens (tertiary/aromatic N) is 1. The number of benzene rings is 1. The molecule has 1 aromatic rings. The molecular weight excluding hydrogens is 198 g/mol. The Hall–Kier alpha value is -1.75. The molecule has 0 fully saturated rings. The van der Waals surface area contributed by atoms with E-state index in [2.05, 4.69) is 0 Å². The summed E-state index contributed by atoms with van der Waals surface area (Å²) in [5.74, 6) is 0.466. The molecule has 0 radical (unpaired) electrons. The molecule has 2 rings (SSSR count). The first-order chi connectivity index (χ1) is 7.24. The second kappa shape index (κ2) is 3.78. The van der Waals surface area contributed by atoms with E-state index >= 15 is 0 Å². The van der Waals surface area contributed by atoms with Crippen molar-refractivity contribution < 1.29 is 19.7 Å². The second-order valence-electron chi connectivity index (χ2n) is 3.21. The number of hydrogen-bond acceptors (Lipinski definition) is 3. The van der Waals surface area contributed by atoms with E-state index in [0.29, 0.717) is 30.2 Å². The maximum atomic E-state index is 10.9. The van der Waals surface area contributed by atoms with Crippen molar-refractivity contribution in [3.63, 3.8) is 0 Å². The van der Waals surface area contributed by atoms with Crippen LogP contribution >= 0.6 is 0 Å². The first-order valence-corrected chi connectivity index (χ1v) is 4.60. The number of hydrogen-bond donors (Lipinski definition) is 2. The Morgan fingerprint density at radius 2 is 2.33 bits per heavy atom.